The Balaban J connectivity index is 1.42. The maximum absolute atomic E-state index is 14.3. The van der Waals surface area contributed by atoms with Gasteiger partial charge in [0.05, 0.1) is 12.2 Å². The van der Waals surface area contributed by atoms with E-state index in [1.54, 1.807) is 12.1 Å². The van der Waals surface area contributed by atoms with E-state index in [-0.39, 0.29) is 42.6 Å². The third-order valence-corrected chi connectivity index (χ3v) is 8.53. The molecule has 2 aromatic rings. The molecule has 0 bridgehead atoms. The highest BCUT2D eigenvalue weighted by Gasteiger charge is 2.54. The number of amides is 1. The number of ether oxygens (including phenoxy) is 4. The summed E-state index contributed by atoms with van der Waals surface area (Å²) >= 11 is 0. The molecular formula is C34H44FNO5. The number of likely N-dealkylation sites (tertiary alicyclic amines) is 1. The van der Waals surface area contributed by atoms with E-state index in [0.29, 0.717) is 30.2 Å². The van der Waals surface area contributed by atoms with E-state index in [2.05, 4.69) is 32.9 Å². The van der Waals surface area contributed by atoms with Gasteiger partial charge < -0.3 is 23.8 Å². The minimum absolute atomic E-state index is 0.0471. The number of carbonyl (C=O) groups is 1. The van der Waals surface area contributed by atoms with Crippen molar-refractivity contribution in [2.24, 2.45) is 11.8 Å². The van der Waals surface area contributed by atoms with E-state index in [9.17, 15) is 9.18 Å². The first-order valence-corrected chi connectivity index (χ1v) is 14.9. The molecule has 0 aromatic heterocycles. The number of halogens is 1. The summed E-state index contributed by atoms with van der Waals surface area (Å²) in [6.45, 7) is 13.4. The standard InChI is InChI=1S/C34H44FNO5/c1-22(2)11-10-17-34(6)26-19-24-20-36(32(37)41-33(3,4)5)18-16-28(24)39-30(26)25-13-9-15-29(31(25)40-34)38-21-23-12-7-8-14-27(23)35/h7-9,11-15,24,26,28,30H,10,16-21H2,1-6H3/t24-,26-,28-,30+,34+/m0/s1. The Morgan fingerprint density at radius 2 is 1.95 bits per heavy atom. The average molecular weight is 566 g/mol. The molecule has 5 rings (SSSR count). The fourth-order valence-corrected chi connectivity index (χ4v) is 6.44. The van der Waals surface area contributed by atoms with Crippen molar-refractivity contribution in [2.45, 2.75) is 97.2 Å². The molecule has 222 valence electrons. The van der Waals surface area contributed by atoms with Gasteiger partial charge in [-0.3, -0.25) is 0 Å². The largest absolute Gasteiger partial charge is 0.485 e. The van der Waals surface area contributed by atoms with E-state index in [4.69, 9.17) is 18.9 Å². The molecule has 41 heavy (non-hydrogen) atoms. The number of carbonyl (C=O) groups excluding carboxylic acids is 1. The molecule has 0 unspecified atom stereocenters. The van der Waals surface area contributed by atoms with Crippen molar-refractivity contribution in [3.63, 3.8) is 0 Å². The molecule has 1 amide bonds. The Bertz CT molecular complexity index is 1280. The minimum Gasteiger partial charge on any atom is -0.485 e. The van der Waals surface area contributed by atoms with Gasteiger partial charge in [-0.05, 0) is 79.4 Å². The van der Waals surface area contributed by atoms with Gasteiger partial charge in [-0.2, -0.15) is 0 Å². The van der Waals surface area contributed by atoms with Crippen LogP contribution in [0, 0.1) is 17.7 Å². The first-order valence-electron chi connectivity index (χ1n) is 14.9. The Hall–Kier alpha value is -3.06. The summed E-state index contributed by atoms with van der Waals surface area (Å²) in [6.07, 6.45) is 5.24. The van der Waals surface area contributed by atoms with Crippen LogP contribution in [-0.4, -0.2) is 41.4 Å². The van der Waals surface area contributed by atoms with Gasteiger partial charge in [0, 0.05) is 36.1 Å². The quantitative estimate of drug-likeness (QED) is 0.332. The highest BCUT2D eigenvalue weighted by molar-refractivity contribution is 5.68. The fourth-order valence-electron chi connectivity index (χ4n) is 6.44. The number of fused-ring (bicyclic) bond motifs is 4. The van der Waals surface area contributed by atoms with Crippen LogP contribution >= 0.6 is 0 Å². The zero-order valence-corrected chi connectivity index (χ0v) is 25.2. The second kappa shape index (κ2) is 11.7. The molecular weight excluding hydrogens is 521 g/mol. The lowest BCUT2D eigenvalue weighted by Gasteiger charge is -2.54. The van der Waals surface area contributed by atoms with Crippen LogP contribution in [0.3, 0.4) is 0 Å². The normalized spacial score (nSPS) is 27.0. The summed E-state index contributed by atoms with van der Waals surface area (Å²) < 4.78 is 40.0. The molecule has 0 spiro atoms. The summed E-state index contributed by atoms with van der Waals surface area (Å²) in [6, 6.07) is 12.6. The van der Waals surface area contributed by atoms with Crippen LogP contribution < -0.4 is 9.47 Å². The Kier molecular flexibility index (Phi) is 8.38. The van der Waals surface area contributed by atoms with E-state index in [1.165, 1.54) is 11.6 Å². The summed E-state index contributed by atoms with van der Waals surface area (Å²) in [4.78, 5) is 14.7. The first kappa shape index (κ1) is 29.4. The Labute approximate surface area is 243 Å². The maximum atomic E-state index is 14.3. The number of allylic oxidation sites excluding steroid dienone is 2. The van der Waals surface area contributed by atoms with Crippen LogP contribution in [-0.2, 0) is 16.1 Å². The monoisotopic (exact) mass is 565 g/mol. The van der Waals surface area contributed by atoms with Crippen molar-refractivity contribution in [3.05, 3.63) is 71.1 Å². The van der Waals surface area contributed by atoms with Crippen LogP contribution in [0.4, 0.5) is 9.18 Å². The van der Waals surface area contributed by atoms with E-state index >= 15 is 0 Å². The fraction of sp³-hybridized carbons (Fsp3) is 0.559. The third-order valence-electron chi connectivity index (χ3n) is 8.53. The van der Waals surface area contributed by atoms with Crippen LogP contribution in [0.15, 0.2) is 54.1 Å². The van der Waals surface area contributed by atoms with Gasteiger partial charge >= 0.3 is 6.09 Å². The zero-order valence-electron chi connectivity index (χ0n) is 25.2. The predicted octanol–water partition coefficient (Wildman–Crippen LogP) is 8.01. The predicted molar refractivity (Wildman–Crippen MR) is 157 cm³/mol. The van der Waals surface area contributed by atoms with Gasteiger partial charge in [-0.25, -0.2) is 9.18 Å². The van der Waals surface area contributed by atoms with E-state index < -0.39 is 11.2 Å². The lowest BCUT2D eigenvalue weighted by atomic mass is 9.68. The molecule has 3 aliphatic rings. The topological polar surface area (TPSA) is 57.2 Å². The van der Waals surface area contributed by atoms with Gasteiger partial charge in [-0.15, -0.1) is 0 Å². The first-order chi connectivity index (χ1) is 19.4. The lowest BCUT2D eigenvalue weighted by Crippen LogP contribution is -2.57. The number of piperidine rings is 1. The smallest absolute Gasteiger partial charge is 0.410 e. The minimum atomic E-state index is -0.529. The second-order valence-corrected chi connectivity index (χ2v) is 13.2. The zero-order chi connectivity index (χ0) is 29.4. The summed E-state index contributed by atoms with van der Waals surface area (Å²) in [5.41, 5.74) is 1.71. The second-order valence-electron chi connectivity index (χ2n) is 13.2. The molecule has 0 saturated carbocycles. The SMILES string of the molecule is CC(C)=CCC[C@@]1(C)Oc2c(OCc3ccccc3F)cccc2[C@H]2O[C@H]3CCN(C(=O)OC(C)(C)C)C[C@@H]3C[C@@H]21. The molecule has 2 saturated heterocycles. The molecule has 3 aliphatic heterocycles. The summed E-state index contributed by atoms with van der Waals surface area (Å²) in [5.74, 6) is 1.30. The number of hydrogen-bond acceptors (Lipinski definition) is 5. The number of para-hydroxylation sites is 1. The van der Waals surface area contributed by atoms with Crippen molar-refractivity contribution >= 4 is 6.09 Å². The number of rotatable bonds is 6. The molecule has 6 nitrogen and oxygen atoms in total. The number of nitrogens with zero attached hydrogens (tertiary/aromatic N) is 1. The summed E-state index contributed by atoms with van der Waals surface area (Å²) in [7, 11) is 0. The van der Waals surface area contributed by atoms with Crippen LogP contribution in [0.2, 0.25) is 0 Å². The number of hydrogen-bond donors (Lipinski definition) is 0. The third kappa shape index (κ3) is 6.56. The van der Waals surface area contributed by atoms with Crippen molar-refractivity contribution in [1.29, 1.82) is 0 Å². The van der Waals surface area contributed by atoms with Crippen LogP contribution in [0.1, 0.15) is 84.5 Å². The highest BCUT2D eigenvalue weighted by atomic mass is 19.1. The summed E-state index contributed by atoms with van der Waals surface area (Å²) in [5, 5.41) is 0. The maximum Gasteiger partial charge on any atom is 0.410 e. The molecule has 5 atom stereocenters. The van der Waals surface area contributed by atoms with E-state index in [0.717, 1.165) is 31.2 Å². The Morgan fingerprint density at radius 3 is 2.68 bits per heavy atom. The van der Waals surface area contributed by atoms with Crippen LogP contribution in [0.5, 0.6) is 11.5 Å². The van der Waals surface area contributed by atoms with Crippen molar-refractivity contribution in [1.82, 2.24) is 4.90 Å². The molecule has 7 heteroatoms. The van der Waals surface area contributed by atoms with Crippen molar-refractivity contribution < 1.29 is 28.1 Å². The van der Waals surface area contributed by atoms with Crippen molar-refractivity contribution in [2.75, 3.05) is 13.1 Å². The molecule has 3 heterocycles. The lowest BCUT2D eigenvalue weighted by molar-refractivity contribution is -0.191. The van der Waals surface area contributed by atoms with Gasteiger partial charge in [-0.1, -0.05) is 42.0 Å². The van der Waals surface area contributed by atoms with Gasteiger partial charge in [0.15, 0.2) is 11.5 Å². The molecule has 0 radical (unpaired) electrons. The van der Waals surface area contributed by atoms with Gasteiger partial charge in [0.2, 0.25) is 0 Å². The Morgan fingerprint density at radius 1 is 1.17 bits per heavy atom. The molecule has 0 aliphatic carbocycles. The van der Waals surface area contributed by atoms with Crippen molar-refractivity contribution in [3.8, 4) is 11.5 Å². The van der Waals surface area contributed by atoms with Gasteiger partial charge in [0.25, 0.3) is 0 Å². The average Bonchev–Trinajstić information content (AvgIpc) is 2.90. The molecule has 0 N–H and O–H groups in total. The number of benzene rings is 2. The van der Waals surface area contributed by atoms with Crippen LogP contribution in [0.25, 0.3) is 0 Å². The highest BCUT2D eigenvalue weighted by Crippen LogP contribution is 2.56. The molecule has 2 aromatic carbocycles. The van der Waals surface area contributed by atoms with E-state index in [1.807, 2.05) is 43.9 Å². The molecule has 2 fully saturated rings. The van der Waals surface area contributed by atoms with Gasteiger partial charge in [0.1, 0.15) is 23.6 Å².